The maximum absolute atomic E-state index is 13.1. The van der Waals surface area contributed by atoms with Gasteiger partial charge in [0.05, 0.1) is 23.3 Å². The number of nitrogens with one attached hydrogen (secondary N) is 1. The lowest BCUT2D eigenvalue weighted by atomic mass is 9.96. The first-order valence-electron chi connectivity index (χ1n) is 7.15. The first kappa shape index (κ1) is 18.2. The van der Waals surface area contributed by atoms with Crippen molar-refractivity contribution in [1.82, 2.24) is 5.32 Å². The molecule has 24 heavy (non-hydrogen) atoms. The van der Waals surface area contributed by atoms with Crippen molar-refractivity contribution >= 4 is 11.9 Å². The van der Waals surface area contributed by atoms with Gasteiger partial charge < -0.3 is 20.3 Å². The first-order valence-corrected chi connectivity index (χ1v) is 7.15. The van der Waals surface area contributed by atoms with Crippen LogP contribution in [0.5, 0.6) is 0 Å². The monoisotopic (exact) mass is 347 g/mol. The van der Waals surface area contributed by atoms with Crippen LogP contribution in [0.2, 0.25) is 0 Å². The van der Waals surface area contributed by atoms with E-state index in [9.17, 15) is 27.9 Å². The molecule has 1 heterocycles. The second-order valence-electron chi connectivity index (χ2n) is 5.63. The number of amides is 1. The van der Waals surface area contributed by atoms with Gasteiger partial charge in [0.25, 0.3) is 5.91 Å². The van der Waals surface area contributed by atoms with Crippen molar-refractivity contribution in [2.75, 3.05) is 19.8 Å². The number of carboxylic acids is 1. The van der Waals surface area contributed by atoms with Crippen molar-refractivity contribution in [3.63, 3.8) is 0 Å². The first-order chi connectivity index (χ1) is 11.1. The van der Waals surface area contributed by atoms with E-state index in [-0.39, 0.29) is 13.2 Å². The predicted molar refractivity (Wildman–Crippen MR) is 75.7 cm³/mol. The number of carboxylic acid groups (broad SMARTS) is 1. The van der Waals surface area contributed by atoms with E-state index in [1.54, 1.807) is 0 Å². The van der Waals surface area contributed by atoms with Crippen LogP contribution in [0, 0.1) is 0 Å². The third-order valence-corrected chi connectivity index (χ3v) is 3.70. The summed E-state index contributed by atoms with van der Waals surface area (Å²) in [4.78, 5) is 22.9. The van der Waals surface area contributed by atoms with Gasteiger partial charge in [0.1, 0.15) is 5.60 Å². The Bertz CT molecular complexity index is 638. The molecule has 1 fully saturated rings. The summed E-state index contributed by atoms with van der Waals surface area (Å²) >= 11 is 0. The SMILES string of the molecule is O=C(O)c1ccc(C(=O)NCC2(O)CCCOC2)c(C(F)(F)F)c1. The van der Waals surface area contributed by atoms with Crippen LogP contribution in [0.3, 0.4) is 0 Å². The lowest BCUT2D eigenvalue weighted by Gasteiger charge is -2.32. The highest BCUT2D eigenvalue weighted by atomic mass is 19.4. The molecule has 1 aromatic carbocycles. The summed E-state index contributed by atoms with van der Waals surface area (Å²) in [6.45, 7) is 0.201. The maximum atomic E-state index is 13.1. The molecule has 9 heteroatoms. The highest BCUT2D eigenvalue weighted by Crippen LogP contribution is 2.33. The number of halogens is 3. The van der Waals surface area contributed by atoms with Crippen LogP contribution in [-0.2, 0) is 10.9 Å². The van der Waals surface area contributed by atoms with Gasteiger partial charge in [-0.25, -0.2) is 4.79 Å². The van der Waals surface area contributed by atoms with Gasteiger partial charge in [-0.1, -0.05) is 0 Å². The quantitative estimate of drug-likeness (QED) is 0.770. The van der Waals surface area contributed by atoms with E-state index in [1.807, 2.05) is 0 Å². The van der Waals surface area contributed by atoms with Crippen LogP contribution in [0.1, 0.15) is 39.1 Å². The van der Waals surface area contributed by atoms with Crippen molar-refractivity contribution in [2.45, 2.75) is 24.6 Å². The van der Waals surface area contributed by atoms with Crippen LogP contribution in [0.25, 0.3) is 0 Å². The number of carbonyl (C=O) groups excluding carboxylic acids is 1. The lowest BCUT2D eigenvalue weighted by molar-refractivity contribution is -0.138. The number of benzene rings is 1. The molecule has 0 saturated carbocycles. The van der Waals surface area contributed by atoms with E-state index in [4.69, 9.17) is 9.84 Å². The number of rotatable bonds is 4. The van der Waals surface area contributed by atoms with Gasteiger partial charge in [-0.2, -0.15) is 13.2 Å². The molecule has 1 unspecified atom stereocenters. The van der Waals surface area contributed by atoms with Crippen molar-refractivity contribution in [1.29, 1.82) is 0 Å². The molecule has 0 bridgehead atoms. The molecule has 1 aromatic rings. The van der Waals surface area contributed by atoms with Crippen LogP contribution in [-0.4, -0.2) is 47.4 Å². The number of carbonyl (C=O) groups is 2. The van der Waals surface area contributed by atoms with Crippen molar-refractivity contribution in [2.24, 2.45) is 0 Å². The van der Waals surface area contributed by atoms with E-state index in [0.717, 1.165) is 12.1 Å². The Labute approximate surface area is 135 Å². The van der Waals surface area contributed by atoms with Crippen LogP contribution < -0.4 is 5.32 Å². The molecule has 1 saturated heterocycles. The Hall–Kier alpha value is -2.13. The molecule has 0 aromatic heterocycles. The summed E-state index contributed by atoms with van der Waals surface area (Å²) in [6.07, 6.45) is -3.95. The molecular formula is C15H16F3NO5. The van der Waals surface area contributed by atoms with Crippen LogP contribution >= 0.6 is 0 Å². The number of hydrogen-bond acceptors (Lipinski definition) is 4. The normalized spacial score (nSPS) is 21.3. The van der Waals surface area contributed by atoms with Gasteiger partial charge in [-0.15, -0.1) is 0 Å². The largest absolute Gasteiger partial charge is 0.478 e. The highest BCUT2D eigenvalue weighted by Gasteiger charge is 2.37. The van der Waals surface area contributed by atoms with E-state index in [2.05, 4.69) is 5.32 Å². The molecule has 3 N–H and O–H groups in total. The molecule has 132 valence electrons. The third kappa shape index (κ3) is 4.24. The molecular weight excluding hydrogens is 331 g/mol. The minimum absolute atomic E-state index is 0.0165. The standard InChI is InChI=1S/C15H16F3NO5/c16-15(17,18)11-6-9(13(21)22)2-3-10(11)12(20)19-7-14(23)4-1-5-24-8-14/h2-3,6,23H,1,4-5,7-8H2,(H,19,20)(H,21,22). The van der Waals surface area contributed by atoms with E-state index < -0.39 is 40.3 Å². The Balaban J connectivity index is 2.20. The van der Waals surface area contributed by atoms with Gasteiger partial charge in [0.2, 0.25) is 0 Å². The summed E-state index contributed by atoms with van der Waals surface area (Å²) in [6, 6.07) is 2.14. The lowest BCUT2D eigenvalue weighted by Crippen LogP contribution is -2.48. The Morgan fingerprint density at radius 2 is 2.04 bits per heavy atom. The van der Waals surface area contributed by atoms with E-state index >= 15 is 0 Å². The number of aromatic carboxylic acids is 1. The molecule has 2 rings (SSSR count). The molecule has 1 aliphatic heterocycles. The van der Waals surface area contributed by atoms with Crippen molar-refractivity contribution in [3.8, 4) is 0 Å². The second kappa shape index (κ2) is 6.78. The summed E-state index contributed by atoms with van der Waals surface area (Å²) in [5.74, 6) is -2.57. The van der Waals surface area contributed by atoms with E-state index in [1.165, 1.54) is 0 Å². The Morgan fingerprint density at radius 3 is 2.58 bits per heavy atom. The fraction of sp³-hybridized carbons (Fsp3) is 0.467. The molecule has 1 amide bonds. The molecule has 6 nitrogen and oxygen atoms in total. The molecule has 1 atom stereocenters. The van der Waals surface area contributed by atoms with Crippen LogP contribution in [0.15, 0.2) is 18.2 Å². The predicted octanol–water partition coefficient (Wildman–Crippen LogP) is 1.67. The fourth-order valence-electron chi connectivity index (χ4n) is 2.43. The van der Waals surface area contributed by atoms with Gasteiger partial charge in [-0.05, 0) is 31.0 Å². The smallest absolute Gasteiger partial charge is 0.417 e. The number of hydrogen-bond donors (Lipinski definition) is 3. The fourth-order valence-corrected chi connectivity index (χ4v) is 2.43. The molecule has 0 aliphatic carbocycles. The number of aliphatic hydroxyl groups is 1. The average Bonchev–Trinajstić information content (AvgIpc) is 2.52. The molecule has 0 spiro atoms. The molecule has 0 radical (unpaired) electrons. The number of ether oxygens (including phenoxy) is 1. The summed E-state index contributed by atoms with van der Waals surface area (Å²) in [5.41, 5.74) is -3.94. The highest BCUT2D eigenvalue weighted by molar-refractivity contribution is 5.97. The minimum atomic E-state index is -4.89. The average molecular weight is 347 g/mol. The van der Waals surface area contributed by atoms with Gasteiger partial charge in [0.15, 0.2) is 0 Å². The summed E-state index contributed by atoms with van der Waals surface area (Å²) in [5, 5.41) is 21.2. The molecule has 1 aliphatic rings. The second-order valence-corrected chi connectivity index (χ2v) is 5.63. The van der Waals surface area contributed by atoms with Gasteiger partial charge in [-0.3, -0.25) is 4.79 Å². The zero-order chi connectivity index (χ0) is 18.0. The Morgan fingerprint density at radius 1 is 1.33 bits per heavy atom. The third-order valence-electron chi connectivity index (χ3n) is 3.70. The topological polar surface area (TPSA) is 95.9 Å². The maximum Gasteiger partial charge on any atom is 0.417 e. The van der Waals surface area contributed by atoms with Crippen molar-refractivity contribution < 1.29 is 37.7 Å². The van der Waals surface area contributed by atoms with Gasteiger partial charge >= 0.3 is 12.1 Å². The zero-order valence-electron chi connectivity index (χ0n) is 12.5. The zero-order valence-corrected chi connectivity index (χ0v) is 12.5. The Kier molecular flexibility index (Phi) is 5.14. The van der Waals surface area contributed by atoms with Gasteiger partial charge in [0, 0.05) is 13.2 Å². The summed E-state index contributed by atoms with van der Waals surface area (Å²) in [7, 11) is 0. The summed E-state index contributed by atoms with van der Waals surface area (Å²) < 4.78 is 44.3. The number of alkyl halides is 3. The van der Waals surface area contributed by atoms with Crippen LogP contribution in [0.4, 0.5) is 13.2 Å². The minimum Gasteiger partial charge on any atom is -0.478 e. The van der Waals surface area contributed by atoms with E-state index in [0.29, 0.717) is 25.5 Å². The van der Waals surface area contributed by atoms with Crippen molar-refractivity contribution in [3.05, 3.63) is 34.9 Å².